The van der Waals surface area contributed by atoms with Gasteiger partial charge in [0.2, 0.25) is 0 Å². The zero-order chi connectivity index (χ0) is 52.8. The van der Waals surface area contributed by atoms with Gasteiger partial charge in [-0.1, -0.05) is 72.8 Å². The molecule has 23 heteroatoms. The molecule has 0 N–H and O–H groups in total. The Labute approximate surface area is 429 Å². The second-order valence-electron chi connectivity index (χ2n) is 16.6. The average molecular weight is 1050 g/mol. The summed E-state index contributed by atoms with van der Waals surface area (Å²) < 4.78 is 71.5. The highest BCUT2D eigenvalue weighted by Gasteiger charge is 2.58. The fourth-order valence-corrected chi connectivity index (χ4v) is 9.38. The molecule has 0 saturated carbocycles. The summed E-state index contributed by atoms with van der Waals surface area (Å²) in [6, 6.07) is 31.1. The minimum atomic E-state index is -2.11. The minimum absolute atomic E-state index is 0.00988. The number of carbonyl (C=O) groups is 7. The maximum absolute atomic E-state index is 14.4. The first-order chi connectivity index (χ1) is 36.3. The Bertz CT molecular complexity index is 2830. The Balaban J connectivity index is 1.29. The van der Waals surface area contributed by atoms with E-state index >= 15 is 0 Å². The summed E-state index contributed by atoms with van der Waals surface area (Å²) in [4.78, 5) is 103. The van der Waals surface area contributed by atoms with Crippen LogP contribution in [0.1, 0.15) is 62.2 Å². The minimum Gasteiger partial charge on any atom is -0.463 e. The Hall–Kier alpha value is -8.14. The van der Waals surface area contributed by atoms with E-state index in [0.29, 0.717) is 0 Å². The summed E-state index contributed by atoms with van der Waals surface area (Å²) in [6.07, 6.45) is -8.58. The SMILES string of the molecule is CC(=O)OC[C@H]1O[C@H](OP(n2ccnc2)n2ccnc2)[C@@H](O[C@H]2O[C@H](COC(=O)c3ccccc3)[C@@H](OC(=O)c3ccccc3)[C@H](OC(=O)c3ccccc3)[C@@H]2OC(=O)c2ccccc2)[C@@H](OC(C)=O)[C@@H]1OC(C)=O. The molecule has 10 atom stereocenters. The van der Waals surface area contributed by atoms with Gasteiger partial charge in [0.1, 0.15) is 38.1 Å². The molecule has 6 aromatic rings. The molecule has 0 unspecified atom stereocenters. The van der Waals surface area contributed by atoms with Crippen molar-refractivity contribution in [1.82, 2.24) is 18.6 Å². The van der Waals surface area contributed by atoms with Crippen LogP contribution >= 0.6 is 8.45 Å². The number of esters is 7. The van der Waals surface area contributed by atoms with Gasteiger partial charge in [-0.15, -0.1) is 0 Å². The number of nitrogens with zero attached hydrogens (tertiary/aromatic N) is 4. The number of carbonyl (C=O) groups excluding carboxylic acids is 7. The van der Waals surface area contributed by atoms with E-state index in [1.54, 1.807) is 93.9 Å². The summed E-state index contributed by atoms with van der Waals surface area (Å²) in [7, 11) is -2.11. The molecule has 390 valence electrons. The van der Waals surface area contributed by atoms with Crippen molar-refractivity contribution in [2.45, 2.75) is 82.2 Å². The topological polar surface area (TPSA) is 257 Å². The summed E-state index contributed by atoms with van der Waals surface area (Å²) in [6.45, 7) is 2.00. The molecule has 4 heterocycles. The monoisotopic (exact) mass is 1050 g/mol. The third-order valence-electron chi connectivity index (χ3n) is 11.2. The summed E-state index contributed by atoms with van der Waals surface area (Å²) in [5.74, 6) is -6.32. The lowest BCUT2D eigenvalue weighted by Crippen LogP contribution is -2.67. The zero-order valence-corrected chi connectivity index (χ0v) is 41.2. The van der Waals surface area contributed by atoms with Gasteiger partial charge in [0, 0.05) is 45.6 Å². The van der Waals surface area contributed by atoms with Crippen molar-refractivity contribution in [2.75, 3.05) is 13.2 Å². The highest BCUT2D eigenvalue weighted by molar-refractivity contribution is 7.49. The smallest absolute Gasteiger partial charge is 0.338 e. The van der Waals surface area contributed by atoms with Gasteiger partial charge in [-0.25, -0.2) is 29.1 Å². The lowest BCUT2D eigenvalue weighted by atomic mass is 9.96. The lowest BCUT2D eigenvalue weighted by Gasteiger charge is -2.49. The number of aromatic nitrogens is 4. The molecule has 0 radical (unpaired) electrons. The highest BCUT2D eigenvalue weighted by atomic mass is 31.2. The van der Waals surface area contributed by atoms with Crippen molar-refractivity contribution in [3.8, 4) is 0 Å². The Morgan fingerprint density at radius 2 is 0.840 bits per heavy atom. The van der Waals surface area contributed by atoms with E-state index in [1.165, 1.54) is 73.6 Å². The molecule has 0 spiro atoms. The molecule has 0 aliphatic carbocycles. The van der Waals surface area contributed by atoms with E-state index in [2.05, 4.69) is 9.97 Å². The number of imidazole rings is 2. The number of benzene rings is 4. The highest BCUT2D eigenvalue weighted by Crippen LogP contribution is 2.45. The van der Waals surface area contributed by atoms with Crippen LogP contribution in [0, 0.1) is 0 Å². The van der Waals surface area contributed by atoms with Crippen LogP contribution in [0.5, 0.6) is 0 Å². The lowest BCUT2D eigenvalue weighted by molar-refractivity contribution is -0.356. The van der Waals surface area contributed by atoms with Crippen LogP contribution in [0.4, 0.5) is 0 Å². The second-order valence-corrected chi connectivity index (χ2v) is 18.2. The van der Waals surface area contributed by atoms with Crippen molar-refractivity contribution >= 4 is 50.2 Å². The number of rotatable bonds is 19. The van der Waals surface area contributed by atoms with Crippen LogP contribution in [0.3, 0.4) is 0 Å². The fourth-order valence-electron chi connectivity index (χ4n) is 7.92. The van der Waals surface area contributed by atoms with E-state index in [0.717, 1.165) is 20.8 Å². The van der Waals surface area contributed by atoms with E-state index in [4.69, 9.17) is 51.9 Å². The largest absolute Gasteiger partial charge is 0.463 e. The molecule has 75 heavy (non-hydrogen) atoms. The number of ether oxygens (including phenoxy) is 10. The van der Waals surface area contributed by atoms with Crippen LogP contribution in [0.15, 0.2) is 159 Å². The van der Waals surface area contributed by atoms with Crippen molar-refractivity contribution in [3.05, 3.63) is 181 Å². The molecular formula is C52H49N4O18P. The van der Waals surface area contributed by atoms with Gasteiger partial charge in [0.15, 0.2) is 49.2 Å². The van der Waals surface area contributed by atoms with E-state index in [1.807, 2.05) is 0 Å². The van der Waals surface area contributed by atoms with Gasteiger partial charge in [0.25, 0.3) is 8.45 Å². The zero-order valence-electron chi connectivity index (χ0n) is 40.3. The quantitative estimate of drug-likeness (QED) is 0.0550. The maximum atomic E-state index is 14.4. The van der Waals surface area contributed by atoms with E-state index < -0.39 is 125 Å². The molecule has 2 saturated heterocycles. The van der Waals surface area contributed by atoms with Gasteiger partial charge in [0.05, 0.1) is 22.3 Å². The van der Waals surface area contributed by atoms with E-state index in [9.17, 15) is 33.6 Å². The number of hydrogen-bond donors (Lipinski definition) is 0. The second kappa shape index (κ2) is 25.2. The standard InChI is InChI=1S/C52H49N4O18P/c1-32(57)64-28-39-41(66-33(2)58)43(67-34(3)59)46(52(69-39)74-75(55-26-24-53-30-55)56-27-25-54-31-56)73-51-45(72-50(63)38-22-14-7-15-23-38)44(71-49(62)37-20-12-6-13-21-37)42(70-48(61)36-18-10-5-11-19-36)40(68-51)29-65-47(60)35-16-8-4-9-17-35/h4-27,30-31,39-46,51-52H,28-29H2,1-3H3/t39-,40-,41-,42-,43+,44+,45+,46+,51-,52-/m1/s1. The predicted molar refractivity (Wildman–Crippen MR) is 257 cm³/mol. The van der Waals surface area contributed by atoms with Crippen LogP contribution in [-0.4, -0.2) is 135 Å². The van der Waals surface area contributed by atoms with E-state index in [-0.39, 0.29) is 22.3 Å². The van der Waals surface area contributed by atoms with Gasteiger partial charge in [-0.3, -0.25) is 27.6 Å². The molecule has 4 aromatic carbocycles. The van der Waals surface area contributed by atoms with Gasteiger partial charge >= 0.3 is 41.8 Å². The average Bonchev–Trinajstić information content (AvgIpc) is 4.17. The van der Waals surface area contributed by atoms with Gasteiger partial charge in [-0.05, 0) is 48.5 Å². The summed E-state index contributed by atoms with van der Waals surface area (Å²) in [5, 5.41) is 0. The van der Waals surface area contributed by atoms with Crippen molar-refractivity contribution in [2.24, 2.45) is 0 Å². The summed E-state index contributed by atoms with van der Waals surface area (Å²) in [5.41, 5.74) is 0.221. The third-order valence-corrected chi connectivity index (χ3v) is 12.9. The molecule has 2 fully saturated rings. The van der Waals surface area contributed by atoms with Gasteiger partial charge in [-0.2, -0.15) is 0 Å². The predicted octanol–water partition coefficient (Wildman–Crippen LogP) is 5.51. The normalized spacial score (nSPS) is 23.2. The molecule has 0 bridgehead atoms. The first kappa shape index (κ1) is 53.2. The Kier molecular flexibility index (Phi) is 17.9. The van der Waals surface area contributed by atoms with Crippen LogP contribution < -0.4 is 0 Å². The Morgan fingerprint density at radius 3 is 1.28 bits per heavy atom. The number of hydrogen-bond acceptors (Lipinski definition) is 20. The first-order valence-corrected chi connectivity index (χ1v) is 24.4. The van der Waals surface area contributed by atoms with Crippen molar-refractivity contribution in [3.63, 3.8) is 0 Å². The molecule has 8 rings (SSSR count). The summed E-state index contributed by atoms with van der Waals surface area (Å²) >= 11 is 0. The molecule has 2 aliphatic rings. The molecule has 2 aliphatic heterocycles. The maximum Gasteiger partial charge on any atom is 0.338 e. The first-order valence-electron chi connectivity index (χ1n) is 23.2. The molecule has 2 aromatic heterocycles. The van der Waals surface area contributed by atoms with Gasteiger partial charge < -0.3 is 47.4 Å². The van der Waals surface area contributed by atoms with Crippen LogP contribution in [0.2, 0.25) is 0 Å². The van der Waals surface area contributed by atoms with Crippen LogP contribution in [-0.2, 0) is 66.3 Å². The van der Waals surface area contributed by atoms with Crippen LogP contribution in [0.25, 0.3) is 0 Å². The molecule has 0 amide bonds. The van der Waals surface area contributed by atoms with Crippen molar-refractivity contribution in [1.29, 1.82) is 0 Å². The molecule has 22 nitrogen and oxygen atoms in total. The molecular weight excluding hydrogens is 1000 g/mol. The fraction of sp³-hybridized carbons (Fsp3) is 0.288. The van der Waals surface area contributed by atoms with Crippen molar-refractivity contribution < 1.29 is 85.5 Å². The Morgan fingerprint density at radius 1 is 0.453 bits per heavy atom. The third kappa shape index (κ3) is 13.7.